The zero-order valence-electron chi connectivity index (χ0n) is 15.3. The molecular formula is C20H27N3O2. The van der Waals surface area contributed by atoms with Crippen molar-refractivity contribution in [2.24, 2.45) is 0 Å². The van der Waals surface area contributed by atoms with Gasteiger partial charge in [-0.3, -0.25) is 9.48 Å². The van der Waals surface area contributed by atoms with Crippen LogP contribution in [0.15, 0.2) is 36.4 Å². The fourth-order valence-corrected chi connectivity index (χ4v) is 3.48. The molecule has 1 aromatic carbocycles. The van der Waals surface area contributed by atoms with E-state index < -0.39 is 6.10 Å². The maximum atomic E-state index is 12.8. The Labute approximate surface area is 149 Å². The summed E-state index contributed by atoms with van der Waals surface area (Å²) in [6.07, 6.45) is 1.64. The molecule has 0 saturated carbocycles. The number of benzene rings is 1. The monoisotopic (exact) mass is 341 g/mol. The minimum absolute atomic E-state index is 0.0833. The first-order valence-electron chi connectivity index (χ1n) is 9.01. The Hall–Kier alpha value is -2.14. The van der Waals surface area contributed by atoms with Crippen molar-refractivity contribution in [2.45, 2.75) is 58.9 Å². The van der Waals surface area contributed by atoms with E-state index >= 15 is 0 Å². The average Bonchev–Trinajstić information content (AvgIpc) is 3.19. The third kappa shape index (κ3) is 4.28. The number of aryl methyl sites for hydroxylation is 2. The van der Waals surface area contributed by atoms with Crippen molar-refractivity contribution in [1.29, 1.82) is 0 Å². The van der Waals surface area contributed by atoms with Gasteiger partial charge in [0.25, 0.3) is 5.91 Å². The fourth-order valence-electron chi connectivity index (χ4n) is 3.48. The second-order valence-corrected chi connectivity index (χ2v) is 6.88. The van der Waals surface area contributed by atoms with E-state index in [4.69, 9.17) is 4.74 Å². The summed E-state index contributed by atoms with van der Waals surface area (Å²) >= 11 is 0. The molecule has 0 unspecified atom stereocenters. The summed E-state index contributed by atoms with van der Waals surface area (Å²) in [5.41, 5.74) is 3.25. The Morgan fingerprint density at radius 1 is 1.32 bits per heavy atom. The lowest BCUT2D eigenvalue weighted by Crippen LogP contribution is -2.43. The third-order valence-corrected chi connectivity index (χ3v) is 4.84. The maximum absolute atomic E-state index is 12.8. The van der Waals surface area contributed by atoms with Gasteiger partial charge in [0.1, 0.15) is 6.10 Å². The van der Waals surface area contributed by atoms with Gasteiger partial charge >= 0.3 is 0 Å². The number of carbonyl (C=O) groups is 1. The Balaban J connectivity index is 1.59. The van der Waals surface area contributed by atoms with Crippen molar-refractivity contribution in [3.63, 3.8) is 0 Å². The van der Waals surface area contributed by atoms with Crippen LogP contribution in [0.5, 0.6) is 0 Å². The number of nitrogens with zero attached hydrogens (tertiary/aromatic N) is 3. The lowest BCUT2D eigenvalue weighted by molar-refractivity contribution is -0.144. The number of hydrogen-bond donors (Lipinski definition) is 0. The van der Waals surface area contributed by atoms with Crippen molar-refractivity contribution in [1.82, 2.24) is 14.7 Å². The number of aromatic nitrogens is 2. The van der Waals surface area contributed by atoms with Gasteiger partial charge in [0.2, 0.25) is 0 Å². The minimum Gasteiger partial charge on any atom is -0.364 e. The number of hydrogen-bond acceptors (Lipinski definition) is 3. The Kier molecular flexibility index (Phi) is 5.53. The summed E-state index contributed by atoms with van der Waals surface area (Å²) in [7, 11) is 0. The number of amides is 1. The Morgan fingerprint density at radius 3 is 2.76 bits per heavy atom. The highest BCUT2D eigenvalue weighted by Gasteiger charge is 2.32. The number of rotatable bonds is 6. The predicted octanol–water partition coefficient (Wildman–Crippen LogP) is 3.10. The molecule has 1 amide bonds. The number of ether oxygens (including phenoxy) is 1. The van der Waals surface area contributed by atoms with Crippen molar-refractivity contribution >= 4 is 5.91 Å². The van der Waals surface area contributed by atoms with Crippen LogP contribution in [0.4, 0.5) is 0 Å². The second kappa shape index (κ2) is 7.83. The van der Waals surface area contributed by atoms with E-state index in [1.54, 1.807) is 0 Å². The quantitative estimate of drug-likeness (QED) is 0.811. The lowest BCUT2D eigenvalue weighted by Gasteiger charge is -2.28. The topological polar surface area (TPSA) is 47.4 Å². The van der Waals surface area contributed by atoms with E-state index in [1.807, 2.05) is 53.8 Å². The Morgan fingerprint density at radius 2 is 2.08 bits per heavy atom. The highest BCUT2D eigenvalue weighted by Crippen LogP contribution is 2.21. The van der Waals surface area contributed by atoms with Gasteiger partial charge in [-0.1, -0.05) is 30.3 Å². The summed E-state index contributed by atoms with van der Waals surface area (Å²) < 4.78 is 7.83. The molecule has 1 aliphatic heterocycles. The van der Waals surface area contributed by atoms with Crippen LogP contribution in [0.1, 0.15) is 36.7 Å². The third-order valence-electron chi connectivity index (χ3n) is 4.84. The molecular weight excluding hydrogens is 314 g/mol. The summed E-state index contributed by atoms with van der Waals surface area (Å²) in [5, 5.41) is 4.54. The maximum Gasteiger partial charge on any atom is 0.251 e. The van der Waals surface area contributed by atoms with Gasteiger partial charge in [-0.25, -0.2) is 0 Å². The fraction of sp³-hybridized carbons (Fsp3) is 0.500. The molecule has 0 radical (unpaired) electrons. The molecule has 2 atom stereocenters. The molecule has 1 fully saturated rings. The van der Waals surface area contributed by atoms with Crippen LogP contribution in [0.2, 0.25) is 0 Å². The molecule has 1 saturated heterocycles. The number of carbonyl (C=O) groups excluding carboxylic acids is 1. The summed E-state index contributed by atoms with van der Waals surface area (Å²) in [6, 6.07) is 12.2. The molecule has 3 rings (SSSR count). The van der Waals surface area contributed by atoms with Crippen LogP contribution in [0.3, 0.4) is 0 Å². The number of likely N-dealkylation sites (tertiary alicyclic amines) is 1. The van der Waals surface area contributed by atoms with Gasteiger partial charge in [0.15, 0.2) is 0 Å². The van der Waals surface area contributed by atoms with E-state index in [0.717, 1.165) is 42.9 Å². The molecule has 25 heavy (non-hydrogen) atoms. The van der Waals surface area contributed by atoms with E-state index in [1.165, 1.54) is 0 Å². The SMILES string of the molecule is Cc1cc(C)n(C[C@H]2CCCN2C(=O)[C@@H](C)OCc2ccccc2)n1. The van der Waals surface area contributed by atoms with E-state index in [0.29, 0.717) is 6.61 Å². The zero-order valence-corrected chi connectivity index (χ0v) is 15.3. The van der Waals surface area contributed by atoms with Gasteiger partial charge in [-0.15, -0.1) is 0 Å². The smallest absolute Gasteiger partial charge is 0.251 e. The first-order chi connectivity index (χ1) is 12.0. The summed E-state index contributed by atoms with van der Waals surface area (Å²) in [5.74, 6) is 0.0833. The first kappa shape index (κ1) is 17.7. The largest absolute Gasteiger partial charge is 0.364 e. The second-order valence-electron chi connectivity index (χ2n) is 6.88. The molecule has 2 aromatic rings. The molecule has 1 aromatic heterocycles. The zero-order chi connectivity index (χ0) is 17.8. The van der Waals surface area contributed by atoms with Crippen LogP contribution < -0.4 is 0 Å². The molecule has 0 spiro atoms. The van der Waals surface area contributed by atoms with Crippen molar-refractivity contribution in [2.75, 3.05) is 6.54 Å². The average molecular weight is 341 g/mol. The van der Waals surface area contributed by atoms with Crippen LogP contribution in [0.25, 0.3) is 0 Å². The van der Waals surface area contributed by atoms with Crippen LogP contribution >= 0.6 is 0 Å². The normalized spacial score (nSPS) is 18.5. The van der Waals surface area contributed by atoms with Gasteiger partial charge in [-0.05, 0) is 45.2 Å². The molecule has 0 N–H and O–H groups in total. The van der Waals surface area contributed by atoms with Crippen LogP contribution in [-0.2, 0) is 22.7 Å². The highest BCUT2D eigenvalue weighted by molar-refractivity contribution is 5.81. The van der Waals surface area contributed by atoms with Crippen LogP contribution in [0, 0.1) is 13.8 Å². The van der Waals surface area contributed by atoms with Crippen molar-refractivity contribution in [3.8, 4) is 0 Å². The predicted molar refractivity (Wildman–Crippen MR) is 97.1 cm³/mol. The molecule has 5 heteroatoms. The van der Waals surface area contributed by atoms with E-state index in [2.05, 4.69) is 18.1 Å². The van der Waals surface area contributed by atoms with Gasteiger partial charge < -0.3 is 9.64 Å². The molecule has 0 bridgehead atoms. The molecule has 0 aliphatic carbocycles. The highest BCUT2D eigenvalue weighted by atomic mass is 16.5. The summed E-state index contributed by atoms with van der Waals surface area (Å²) in [6.45, 7) is 7.94. The minimum atomic E-state index is -0.429. The van der Waals surface area contributed by atoms with Crippen molar-refractivity contribution < 1.29 is 9.53 Å². The molecule has 5 nitrogen and oxygen atoms in total. The van der Waals surface area contributed by atoms with Crippen molar-refractivity contribution in [3.05, 3.63) is 53.3 Å². The molecule has 134 valence electrons. The van der Waals surface area contributed by atoms with Gasteiger partial charge in [0, 0.05) is 12.2 Å². The van der Waals surface area contributed by atoms with E-state index in [9.17, 15) is 4.79 Å². The molecule has 2 heterocycles. The van der Waals surface area contributed by atoms with Gasteiger partial charge in [-0.2, -0.15) is 5.10 Å². The summed E-state index contributed by atoms with van der Waals surface area (Å²) in [4.78, 5) is 14.8. The standard InChI is InChI=1S/C20H27N3O2/c1-15-12-16(2)23(21-15)13-19-10-7-11-22(19)20(24)17(3)25-14-18-8-5-4-6-9-18/h4-6,8-9,12,17,19H,7,10-11,13-14H2,1-3H3/t17-,19-/m1/s1. The first-order valence-corrected chi connectivity index (χ1v) is 9.01. The Bertz CT molecular complexity index is 711. The lowest BCUT2D eigenvalue weighted by atomic mass is 10.2. The van der Waals surface area contributed by atoms with Gasteiger partial charge in [0.05, 0.1) is 24.9 Å². The molecule has 1 aliphatic rings. The van der Waals surface area contributed by atoms with E-state index in [-0.39, 0.29) is 11.9 Å². The van der Waals surface area contributed by atoms with Crippen LogP contribution in [-0.4, -0.2) is 39.3 Å².